The van der Waals surface area contributed by atoms with Crippen molar-refractivity contribution in [3.05, 3.63) is 29.3 Å². The molecule has 0 radical (unpaired) electrons. The van der Waals surface area contributed by atoms with Gasteiger partial charge in [0.1, 0.15) is 11.8 Å². The smallest absolute Gasteiger partial charge is 0.325 e. The zero-order valence-electron chi connectivity index (χ0n) is 11.8. The number of phenols is 1. The number of carboxylic acids is 1. The minimum atomic E-state index is -1.13. The Kier molecular flexibility index (Phi) is 5.71. The Morgan fingerprint density at radius 1 is 1.29 bits per heavy atom. The van der Waals surface area contributed by atoms with Crippen molar-refractivity contribution in [1.29, 1.82) is 0 Å². The van der Waals surface area contributed by atoms with E-state index in [-0.39, 0.29) is 24.3 Å². The van der Waals surface area contributed by atoms with E-state index in [9.17, 15) is 19.5 Å². The molecular weight excluding hydrogens is 276 g/mol. The number of nitrogens with one attached hydrogen (secondary N) is 2. The fourth-order valence-electron chi connectivity index (χ4n) is 1.59. The minimum Gasteiger partial charge on any atom is -0.507 e. The molecule has 7 heteroatoms. The van der Waals surface area contributed by atoms with Gasteiger partial charge in [-0.25, -0.2) is 0 Å². The predicted octanol–water partition coefficient (Wildman–Crippen LogP) is 0.410. The molecule has 1 aromatic carbocycles. The molecular formula is C14H18N2O5. The fraction of sp³-hybridized carbons (Fsp3) is 0.357. The van der Waals surface area contributed by atoms with Gasteiger partial charge in [-0.15, -0.1) is 0 Å². The number of aromatic hydroxyl groups is 1. The molecule has 0 saturated carbocycles. The highest BCUT2D eigenvalue weighted by Gasteiger charge is 2.14. The zero-order chi connectivity index (χ0) is 16.0. The van der Waals surface area contributed by atoms with Gasteiger partial charge in [0, 0.05) is 13.0 Å². The van der Waals surface area contributed by atoms with Crippen LogP contribution in [0.25, 0.3) is 0 Å². The summed E-state index contributed by atoms with van der Waals surface area (Å²) in [6, 6.07) is 3.67. The quantitative estimate of drug-likeness (QED) is 0.606. The van der Waals surface area contributed by atoms with Crippen LogP contribution in [0.2, 0.25) is 0 Å². The van der Waals surface area contributed by atoms with Gasteiger partial charge in [0.15, 0.2) is 0 Å². The number of phenolic OH excluding ortho intramolecular Hbond substituents is 1. The fourth-order valence-corrected chi connectivity index (χ4v) is 1.59. The number of hydrogen-bond acceptors (Lipinski definition) is 4. The summed E-state index contributed by atoms with van der Waals surface area (Å²) in [5.41, 5.74) is 0.950. The van der Waals surface area contributed by atoms with E-state index in [0.29, 0.717) is 0 Å². The number of amides is 2. The van der Waals surface area contributed by atoms with Gasteiger partial charge in [-0.05, 0) is 31.5 Å². The molecule has 1 rings (SSSR count). The summed E-state index contributed by atoms with van der Waals surface area (Å²) in [6.45, 7) is 3.18. The third kappa shape index (κ3) is 5.13. The molecule has 0 bridgehead atoms. The number of rotatable bonds is 6. The van der Waals surface area contributed by atoms with Gasteiger partial charge in [-0.3, -0.25) is 14.4 Å². The van der Waals surface area contributed by atoms with Crippen LogP contribution in [0.1, 0.15) is 29.3 Å². The third-order valence-corrected chi connectivity index (χ3v) is 2.78. The molecule has 21 heavy (non-hydrogen) atoms. The molecule has 0 spiro atoms. The molecule has 4 N–H and O–H groups in total. The molecule has 114 valence electrons. The topological polar surface area (TPSA) is 116 Å². The van der Waals surface area contributed by atoms with Crippen molar-refractivity contribution in [1.82, 2.24) is 10.6 Å². The molecule has 0 aliphatic carbocycles. The van der Waals surface area contributed by atoms with E-state index in [1.165, 1.54) is 19.1 Å². The Morgan fingerprint density at radius 3 is 2.52 bits per heavy atom. The predicted molar refractivity (Wildman–Crippen MR) is 75.0 cm³/mol. The first kappa shape index (κ1) is 16.5. The number of carbonyl (C=O) groups excluding carboxylic acids is 2. The highest BCUT2D eigenvalue weighted by Crippen LogP contribution is 2.17. The Bertz CT molecular complexity index is 556. The molecule has 0 unspecified atom stereocenters. The normalized spacial score (nSPS) is 11.5. The lowest BCUT2D eigenvalue weighted by molar-refractivity contribution is -0.141. The number of carboxylic acid groups (broad SMARTS) is 1. The Labute approximate surface area is 122 Å². The summed E-state index contributed by atoms with van der Waals surface area (Å²) in [6.07, 6.45) is -0.0457. The largest absolute Gasteiger partial charge is 0.507 e. The molecule has 0 heterocycles. The van der Waals surface area contributed by atoms with Crippen molar-refractivity contribution < 1.29 is 24.6 Å². The molecule has 0 fully saturated rings. The van der Waals surface area contributed by atoms with Crippen LogP contribution < -0.4 is 10.6 Å². The zero-order valence-corrected chi connectivity index (χ0v) is 11.8. The molecule has 1 aromatic rings. The van der Waals surface area contributed by atoms with Crippen LogP contribution in [0.15, 0.2) is 18.2 Å². The van der Waals surface area contributed by atoms with Crippen molar-refractivity contribution in [2.75, 3.05) is 6.54 Å². The summed E-state index contributed by atoms with van der Waals surface area (Å²) in [5, 5.41) is 23.0. The van der Waals surface area contributed by atoms with E-state index in [0.717, 1.165) is 5.56 Å². The molecule has 1 atom stereocenters. The van der Waals surface area contributed by atoms with E-state index in [2.05, 4.69) is 10.6 Å². The first-order valence-corrected chi connectivity index (χ1v) is 6.41. The second-order valence-corrected chi connectivity index (χ2v) is 4.65. The van der Waals surface area contributed by atoms with Crippen LogP contribution in [0.4, 0.5) is 0 Å². The van der Waals surface area contributed by atoms with Crippen molar-refractivity contribution in [3.63, 3.8) is 0 Å². The first-order chi connectivity index (χ1) is 9.81. The van der Waals surface area contributed by atoms with E-state index in [4.69, 9.17) is 5.11 Å². The van der Waals surface area contributed by atoms with Gasteiger partial charge in [0.25, 0.3) is 5.91 Å². The average Bonchev–Trinajstić information content (AvgIpc) is 2.38. The van der Waals surface area contributed by atoms with Crippen molar-refractivity contribution in [2.45, 2.75) is 26.3 Å². The van der Waals surface area contributed by atoms with Crippen molar-refractivity contribution in [2.24, 2.45) is 0 Å². The number of aliphatic carboxylic acids is 1. The maximum absolute atomic E-state index is 11.8. The lowest BCUT2D eigenvalue weighted by Crippen LogP contribution is -2.39. The molecule has 0 aliphatic heterocycles. The van der Waals surface area contributed by atoms with Gasteiger partial charge in [0.2, 0.25) is 5.91 Å². The van der Waals surface area contributed by atoms with E-state index < -0.39 is 23.8 Å². The van der Waals surface area contributed by atoms with Gasteiger partial charge in [0.05, 0.1) is 5.56 Å². The first-order valence-electron chi connectivity index (χ1n) is 6.41. The second kappa shape index (κ2) is 7.28. The van der Waals surface area contributed by atoms with Gasteiger partial charge >= 0.3 is 5.97 Å². The van der Waals surface area contributed by atoms with E-state index in [1.54, 1.807) is 13.0 Å². The Hall–Kier alpha value is -2.57. The van der Waals surface area contributed by atoms with Crippen LogP contribution in [0, 0.1) is 6.92 Å². The van der Waals surface area contributed by atoms with Gasteiger partial charge < -0.3 is 20.8 Å². The van der Waals surface area contributed by atoms with Crippen LogP contribution in [0.5, 0.6) is 5.75 Å². The average molecular weight is 294 g/mol. The summed E-state index contributed by atoms with van der Waals surface area (Å²) in [7, 11) is 0. The molecule has 2 amide bonds. The highest BCUT2D eigenvalue weighted by atomic mass is 16.4. The second-order valence-electron chi connectivity index (χ2n) is 4.65. The maximum Gasteiger partial charge on any atom is 0.325 e. The molecule has 7 nitrogen and oxygen atoms in total. The van der Waals surface area contributed by atoms with Crippen molar-refractivity contribution in [3.8, 4) is 5.75 Å². The van der Waals surface area contributed by atoms with Gasteiger partial charge in [-0.2, -0.15) is 0 Å². The molecule has 0 aromatic heterocycles. The third-order valence-electron chi connectivity index (χ3n) is 2.78. The monoisotopic (exact) mass is 294 g/mol. The highest BCUT2D eigenvalue weighted by molar-refractivity contribution is 5.97. The van der Waals surface area contributed by atoms with Crippen LogP contribution in [-0.2, 0) is 9.59 Å². The van der Waals surface area contributed by atoms with E-state index in [1.807, 2.05) is 0 Å². The summed E-state index contributed by atoms with van der Waals surface area (Å²) >= 11 is 0. The standard InChI is InChI=1S/C14H18N2O5/c1-8-3-4-10(11(17)7-8)13(19)15-6-5-12(18)16-9(2)14(20)21/h3-4,7,9,17H,5-6H2,1-2H3,(H,15,19)(H,16,18)(H,20,21)/t9-/m0/s1. The number of benzene rings is 1. The summed E-state index contributed by atoms with van der Waals surface area (Å²) in [4.78, 5) is 33.8. The molecule has 0 saturated heterocycles. The lowest BCUT2D eigenvalue weighted by atomic mass is 10.1. The number of aryl methyl sites for hydroxylation is 1. The lowest BCUT2D eigenvalue weighted by Gasteiger charge is -2.10. The van der Waals surface area contributed by atoms with E-state index >= 15 is 0 Å². The molecule has 0 aliphatic rings. The van der Waals surface area contributed by atoms with Crippen LogP contribution in [0.3, 0.4) is 0 Å². The number of hydrogen-bond donors (Lipinski definition) is 4. The van der Waals surface area contributed by atoms with Gasteiger partial charge in [-0.1, -0.05) is 6.07 Å². The summed E-state index contributed by atoms with van der Waals surface area (Å²) < 4.78 is 0. The SMILES string of the molecule is Cc1ccc(C(=O)NCCC(=O)N[C@@H](C)C(=O)O)c(O)c1. The van der Waals surface area contributed by atoms with Crippen LogP contribution >= 0.6 is 0 Å². The Morgan fingerprint density at radius 2 is 1.95 bits per heavy atom. The summed E-state index contributed by atoms with van der Waals surface area (Å²) in [5.74, 6) is -2.22. The minimum absolute atomic E-state index is 0.0457. The van der Waals surface area contributed by atoms with Crippen LogP contribution in [-0.4, -0.2) is 40.6 Å². The van der Waals surface area contributed by atoms with Crippen molar-refractivity contribution >= 4 is 17.8 Å². The maximum atomic E-state index is 11.8. The number of carbonyl (C=O) groups is 3. The Balaban J connectivity index is 2.43.